The first-order valence-corrected chi connectivity index (χ1v) is 7.91. The molecule has 1 spiro atoms. The molecule has 0 bridgehead atoms. The van der Waals surface area contributed by atoms with Crippen LogP contribution in [0.1, 0.15) is 25.7 Å². The van der Waals surface area contributed by atoms with E-state index in [0.717, 1.165) is 42.3 Å². The second-order valence-electron chi connectivity index (χ2n) is 6.12. The highest BCUT2D eigenvalue weighted by atomic mass is 16.7. The fourth-order valence-electron chi connectivity index (χ4n) is 3.52. The smallest absolute Gasteiger partial charge is 0.227 e. The summed E-state index contributed by atoms with van der Waals surface area (Å²) in [5.74, 6) is -0.276. The minimum Gasteiger partial charge on any atom is -0.359 e. The van der Waals surface area contributed by atoms with Gasteiger partial charge in [0, 0.05) is 35.9 Å². The number of H-pyrrole nitrogens is 1. The molecule has 2 aromatic rings. The van der Waals surface area contributed by atoms with Crippen LogP contribution >= 0.6 is 0 Å². The van der Waals surface area contributed by atoms with Gasteiger partial charge in [-0.3, -0.25) is 4.79 Å². The van der Waals surface area contributed by atoms with E-state index in [1.165, 1.54) is 0 Å². The third kappa shape index (κ3) is 2.40. The lowest BCUT2D eigenvalue weighted by molar-refractivity contribution is -0.182. The van der Waals surface area contributed by atoms with Gasteiger partial charge in [0.05, 0.1) is 18.9 Å². The van der Waals surface area contributed by atoms with Gasteiger partial charge >= 0.3 is 0 Å². The van der Waals surface area contributed by atoms with Gasteiger partial charge in [-0.2, -0.15) is 0 Å². The maximum Gasteiger partial charge on any atom is 0.227 e. The molecule has 5 nitrogen and oxygen atoms in total. The van der Waals surface area contributed by atoms with Crippen LogP contribution in [0.5, 0.6) is 0 Å². The van der Waals surface area contributed by atoms with E-state index in [2.05, 4.69) is 10.3 Å². The van der Waals surface area contributed by atoms with Crippen LogP contribution in [0.2, 0.25) is 0 Å². The van der Waals surface area contributed by atoms with Crippen molar-refractivity contribution in [2.24, 2.45) is 5.92 Å². The monoisotopic (exact) mass is 300 g/mol. The molecule has 1 saturated carbocycles. The van der Waals surface area contributed by atoms with Gasteiger partial charge in [0.2, 0.25) is 5.91 Å². The van der Waals surface area contributed by atoms with Crippen LogP contribution < -0.4 is 5.32 Å². The van der Waals surface area contributed by atoms with Gasteiger partial charge in [0.25, 0.3) is 0 Å². The van der Waals surface area contributed by atoms with E-state index in [1.54, 1.807) is 0 Å². The lowest BCUT2D eigenvalue weighted by Crippen LogP contribution is -2.38. The van der Waals surface area contributed by atoms with Crippen molar-refractivity contribution < 1.29 is 14.3 Å². The van der Waals surface area contributed by atoms with Crippen molar-refractivity contribution >= 4 is 22.5 Å². The molecule has 2 fully saturated rings. The van der Waals surface area contributed by atoms with Crippen LogP contribution in [0.4, 0.5) is 5.69 Å². The Morgan fingerprint density at radius 1 is 1.18 bits per heavy atom. The molecule has 2 N–H and O–H groups in total. The topological polar surface area (TPSA) is 63.4 Å². The number of fused-ring (bicyclic) bond motifs is 1. The van der Waals surface area contributed by atoms with Crippen LogP contribution in [0, 0.1) is 5.92 Å². The Kier molecular flexibility index (Phi) is 3.39. The van der Waals surface area contributed by atoms with Gasteiger partial charge in [-0.05, 0) is 18.9 Å². The summed E-state index contributed by atoms with van der Waals surface area (Å²) in [4.78, 5) is 15.7. The van der Waals surface area contributed by atoms with Crippen molar-refractivity contribution in [2.75, 3.05) is 18.5 Å². The number of anilines is 1. The van der Waals surface area contributed by atoms with Crippen LogP contribution in [-0.2, 0) is 14.3 Å². The minimum atomic E-state index is -0.405. The third-order valence-corrected chi connectivity index (χ3v) is 4.78. The number of carbonyl (C=O) groups is 1. The number of rotatable bonds is 2. The first-order chi connectivity index (χ1) is 10.8. The number of para-hydroxylation sites is 1. The molecule has 2 aliphatic rings. The van der Waals surface area contributed by atoms with Crippen LogP contribution in [0.25, 0.3) is 10.9 Å². The Bertz CT molecular complexity index is 678. The van der Waals surface area contributed by atoms with Crippen molar-refractivity contribution in [3.63, 3.8) is 0 Å². The number of hydrogen-bond acceptors (Lipinski definition) is 3. The molecule has 0 radical (unpaired) electrons. The van der Waals surface area contributed by atoms with Crippen molar-refractivity contribution in [3.05, 3.63) is 30.5 Å². The van der Waals surface area contributed by atoms with Gasteiger partial charge in [0.1, 0.15) is 0 Å². The summed E-state index contributed by atoms with van der Waals surface area (Å²) < 4.78 is 11.4. The first-order valence-electron chi connectivity index (χ1n) is 7.91. The van der Waals surface area contributed by atoms with Gasteiger partial charge in [-0.1, -0.05) is 18.2 Å². The summed E-state index contributed by atoms with van der Waals surface area (Å²) in [6.07, 6.45) is 5.09. The predicted octanol–water partition coefficient (Wildman–Crippen LogP) is 3.04. The number of amides is 1. The lowest BCUT2D eigenvalue weighted by Gasteiger charge is -2.34. The Labute approximate surface area is 129 Å². The van der Waals surface area contributed by atoms with Crippen molar-refractivity contribution in [2.45, 2.75) is 31.5 Å². The highest BCUT2D eigenvalue weighted by molar-refractivity contribution is 6.02. The Hall–Kier alpha value is -1.85. The molecule has 2 heterocycles. The number of carbonyl (C=O) groups excluding carboxylic acids is 1. The molecule has 1 aromatic carbocycles. The molecule has 0 unspecified atom stereocenters. The molecular weight excluding hydrogens is 280 g/mol. The van der Waals surface area contributed by atoms with Gasteiger partial charge in [-0.15, -0.1) is 0 Å². The SMILES string of the molecule is O=C(Nc1c[nH]c2ccccc12)C1CCC2(CC1)OCCO2. The zero-order valence-electron chi connectivity index (χ0n) is 12.4. The molecule has 0 atom stereocenters. The third-order valence-electron chi connectivity index (χ3n) is 4.78. The number of ether oxygens (including phenoxy) is 2. The van der Waals surface area contributed by atoms with Crippen LogP contribution in [-0.4, -0.2) is 29.9 Å². The summed E-state index contributed by atoms with van der Waals surface area (Å²) in [6, 6.07) is 7.97. The number of aromatic amines is 1. The molecule has 1 aliphatic carbocycles. The van der Waals surface area contributed by atoms with E-state index in [1.807, 2.05) is 30.5 Å². The molecule has 1 aliphatic heterocycles. The minimum absolute atomic E-state index is 0.0343. The maximum absolute atomic E-state index is 12.5. The van der Waals surface area contributed by atoms with Crippen LogP contribution in [0.15, 0.2) is 30.5 Å². The number of aromatic nitrogens is 1. The fourth-order valence-corrected chi connectivity index (χ4v) is 3.52. The number of nitrogens with one attached hydrogen (secondary N) is 2. The molecule has 4 rings (SSSR count). The van der Waals surface area contributed by atoms with Gasteiger partial charge in [-0.25, -0.2) is 0 Å². The van der Waals surface area contributed by atoms with Crippen molar-refractivity contribution in [1.29, 1.82) is 0 Å². The molecule has 22 heavy (non-hydrogen) atoms. The van der Waals surface area contributed by atoms with E-state index in [-0.39, 0.29) is 11.8 Å². The van der Waals surface area contributed by atoms with E-state index in [4.69, 9.17) is 9.47 Å². The number of benzene rings is 1. The highest BCUT2D eigenvalue weighted by Gasteiger charge is 2.41. The molecule has 5 heteroatoms. The first kappa shape index (κ1) is 13.8. The molecule has 116 valence electrons. The maximum atomic E-state index is 12.5. The van der Waals surface area contributed by atoms with E-state index >= 15 is 0 Å². The standard InChI is InChI=1S/C17H20N2O3/c20-16(12-5-7-17(8-6-12)21-9-10-22-17)19-15-11-18-14-4-2-1-3-13(14)15/h1-4,11-12,18H,5-10H2,(H,19,20). The van der Waals surface area contributed by atoms with E-state index in [9.17, 15) is 4.79 Å². The average Bonchev–Trinajstić information content (AvgIpc) is 3.16. The summed E-state index contributed by atoms with van der Waals surface area (Å²) in [7, 11) is 0. The second-order valence-corrected chi connectivity index (χ2v) is 6.12. The quantitative estimate of drug-likeness (QED) is 0.896. The zero-order chi connectivity index (χ0) is 15.0. The van der Waals surface area contributed by atoms with Crippen LogP contribution in [0.3, 0.4) is 0 Å². The Morgan fingerprint density at radius 3 is 2.68 bits per heavy atom. The van der Waals surface area contributed by atoms with E-state index < -0.39 is 5.79 Å². The Balaban J connectivity index is 1.42. The molecule has 1 amide bonds. The summed E-state index contributed by atoms with van der Waals surface area (Å²) in [5.41, 5.74) is 1.89. The fraction of sp³-hybridized carbons (Fsp3) is 0.471. The Morgan fingerprint density at radius 2 is 1.91 bits per heavy atom. The number of hydrogen-bond donors (Lipinski definition) is 2. The molecule has 1 aromatic heterocycles. The predicted molar refractivity (Wildman–Crippen MR) is 83.5 cm³/mol. The lowest BCUT2D eigenvalue weighted by atomic mass is 9.84. The van der Waals surface area contributed by atoms with E-state index in [0.29, 0.717) is 13.2 Å². The zero-order valence-corrected chi connectivity index (χ0v) is 12.4. The average molecular weight is 300 g/mol. The summed E-state index contributed by atoms with van der Waals surface area (Å²) in [5, 5.41) is 4.11. The van der Waals surface area contributed by atoms with Crippen molar-refractivity contribution in [3.8, 4) is 0 Å². The summed E-state index contributed by atoms with van der Waals surface area (Å²) >= 11 is 0. The van der Waals surface area contributed by atoms with Gasteiger partial charge in [0.15, 0.2) is 5.79 Å². The molecular formula is C17H20N2O3. The second kappa shape index (κ2) is 5.41. The summed E-state index contributed by atoms with van der Waals surface area (Å²) in [6.45, 7) is 1.35. The molecule has 1 saturated heterocycles. The van der Waals surface area contributed by atoms with Crippen molar-refractivity contribution in [1.82, 2.24) is 4.98 Å². The largest absolute Gasteiger partial charge is 0.359 e. The van der Waals surface area contributed by atoms with Gasteiger partial charge < -0.3 is 19.8 Å². The normalized spacial score (nSPS) is 21.5. The highest BCUT2D eigenvalue weighted by Crippen LogP contribution is 2.38.